The van der Waals surface area contributed by atoms with Crippen LogP contribution in [-0.2, 0) is 14.3 Å². The number of hydrogen-bond acceptors (Lipinski definition) is 7. The molecular formula is C23H26FN5O5. The van der Waals surface area contributed by atoms with E-state index in [1.807, 2.05) is 4.90 Å². The molecule has 0 saturated carbocycles. The van der Waals surface area contributed by atoms with E-state index in [0.29, 0.717) is 43.0 Å². The summed E-state index contributed by atoms with van der Waals surface area (Å²) in [6.07, 6.45) is 0.214. The molecule has 180 valence electrons. The van der Waals surface area contributed by atoms with Crippen LogP contribution in [0.1, 0.15) is 6.92 Å². The first-order valence-electron chi connectivity index (χ1n) is 10.9. The van der Waals surface area contributed by atoms with Gasteiger partial charge in [-0.25, -0.2) is 14.2 Å². The van der Waals surface area contributed by atoms with Crippen molar-refractivity contribution in [3.8, 4) is 11.1 Å². The normalized spacial score (nSPS) is 18.2. The van der Waals surface area contributed by atoms with Gasteiger partial charge < -0.3 is 24.5 Å². The number of aromatic nitrogens is 1. The molecule has 0 unspecified atom stereocenters. The molecule has 1 aromatic heterocycles. The molecule has 34 heavy (non-hydrogen) atoms. The summed E-state index contributed by atoms with van der Waals surface area (Å²) >= 11 is 0. The Morgan fingerprint density at radius 1 is 1.21 bits per heavy atom. The number of carbonyl (C=O) groups excluding carboxylic acids is 3. The highest BCUT2D eigenvalue weighted by Gasteiger charge is 2.36. The second-order valence-corrected chi connectivity index (χ2v) is 8.17. The summed E-state index contributed by atoms with van der Waals surface area (Å²) < 4.78 is 20.2. The molecular weight excluding hydrogens is 445 g/mol. The summed E-state index contributed by atoms with van der Waals surface area (Å²) in [5, 5.41) is 8.99. The quantitative estimate of drug-likeness (QED) is 0.700. The summed E-state index contributed by atoms with van der Waals surface area (Å²) in [6.45, 7) is 3.18. The Labute approximate surface area is 196 Å². The maximum atomic E-state index is 15.0. The van der Waals surface area contributed by atoms with Gasteiger partial charge in [0.2, 0.25) is 11.8 Å². The van der Waals surface area contributed by atoms with Crippen molar-refractivity contribution in [1.29, 1.82) is 0 Å². The smallest absolute Gasteiger partial charge is 0.416 e. The summed E-state index contributed by atoms with van der Waals surface area (Å²) in [5.74, 6) is -0.320. The van der Waals surface area contributed by atoms with Crippen molar-refractivity contribution in [2.45, 2.75) is 13.2 Å². The van der Waals surface area contributed by atoms with Gasteiger partial charge in [-0.1, -0.05) is 0 Å². The molecule has 1 atom stereocenters. The highest BCUT2D eigenvalue weighted by Crippen LogP contribution is 2.30. The van der Waals surface area contributed by atoms with E-state index in [9.17, 15) is 18.8 Å². The van der Waals surface area contributed by atoms with Crippen molar-refractivity contribution in [3.05, 3.63) is 42.3 Å². The fourth-order valence-electron chi connectivity index (χ4n) is 3.99. The third kappa shape index (κ3) is 4.65. The van der Waals surface area contributed by atoms with Crippen LogP contribution in [0, 0.1) is 5.82 Å². The zero-order valence-corrected chi connectivity index (χ0v) is 19.0. The van der Waals surface area contributed by atoms with Crippen LogP contribution >= 0.6 is 0 Å². The lowest BCUT2D eigenvalue weighted by molar-refractivity contribution is -0.135. The number of halogens is 1. The van der Waals surface area contributed by atoms with Crippen molar-refractivity contribution in [1.82, 2.24) is 14.8 Å². The zero-order chi connectivity index (χ0) is 24.4. The molecule has 0 aliphatic carbocycles. The van der Waals surface area contributed by atoms with Gasteiger partial charge in [-0.05, 0) is 30.3 Å². The number of carbonyl (C=O) groups is 3. The molecule has 4 rings (SSSR count). The second-order valence-electron chi connectivity index (χ2n) is 8.17. The molecule has 0 spiro atoms. The summed E-state index contributed by atoms with van der Waals surface area (Å²) in [7, 11) is 1.54. The van der Waals surface area contributed by atoms with E-state index in [0.717, 1.165) is 5.82 Å². The van der Waals surface area contributed by atoms with Crippen molar-refractivity contribution >= 4 is 29.4 Å². The highest BCUT2D eigenvalue weighted by molar-refractivity contribution is 5.90. The number of amides is 3. The van der Waals surface area contributed by atoms with Gasteiger partial charge in [0.1, 0.15) is 18.2 Å². The van der Waals surface area contributed by atoms with Gasteiger partial charge in [0.25, 0.3) is 0 Å². The number of aliphatic hydroxyl groups excluding tert-OH is 1. The van der Waals surface area contributed by atoms with Gasteiger partial charge in [-0.15, -0.1) is 0 Å². The van der Waals surface area contributed by atoms with Crippen LogP contribution < -0.4 is 9.80 Å². The average Bonchev–Trinajstić information content (AvgIpc) is 3.24. The number of ether oxygens (including phenoxy) is 1. The van der Waals surface area contributed by atoms with Crippen LogP contribution in [0.4, 0.5) is 20.7 Å². The summed E-state index contributed by atoms with van der Waals surface area (Å²) in [4.78, 5) is 46.1. The number of anilines is 2. The standard InChI is InChI=1S/C23H26FN5O5/c1-15(31)26(2)22-13-29(23(33)34-22)17-4-5-18(19(24)11-17)16-3-6-20(25-12-16)27-7-9-28(10-8-27)21(32)14-30/h3-6,11-12,22,30H,7-10,13-14H2,1-2H3/t22-/m0/s1. The molecule has 0 bridgehead atoms. The summed E-state index contributed by atoms with van der Waals surface area (Å²) in [6, 6.07) is 8.04. The van der Waals surface area contributed by atoms with Crippen LogP contribution in [0.3, 0.4) is 0 Å². The molecule has 2 aromatic rings. The van der Waals surface area contributed by atoms with E-state index in [1.165, 1.54) is 22.8 Å². The lowest BCUT2D eigenvalue weighted by Crippen LogP contribution is -2.49. The minimum atomic E-state index is -0.729. The maximum Gasteiger partial charge on any atom is 0.416 e. The first-order chi connectivity index (χ1) is 16.3. The predicted octanol–water partition coefficient (Wildman–Crippen LogP) is 1.29. The number of cyclic esters (lactones) is 1. The average molecular weight is 471 g/mol. The molecule has 0 radical (unpaired) electrons. The van der Waals surface area contributed by atoms with Gasteiger partial charge >= 0.3 is 6.09 Å². The Bertz CT molecular complexity index is 1090. The molecule has 2 saturated heterocycles. The number of benzene rings is 1. The minimum Gasteiger partial charge on any atom is -0.423 e. The maximum absolute atomic E-state index is 15.0. The van der Waals surface area contributed by atoms with Crippen LogP contribution in [0.15, 0.2) is 36.5 Å². The van der Waals surface area contributed by atoms with E-state index in [1.54, 1.807) is 42.4 Å². The number of hydrogen-bond donors (Lipinski definition) is 1. The molecule has 11 heteroatoms. The third-order valence-corrected chi connectivity index (χ3v) is 6.14. The number of rotatable bonds is 5. The Morgan fingerprint density at radius 3 is 2.53 bits per heavy atom. The molecule has 2 aliphatic rings. The van der Waals surface area contributed by atoms with Gasteiger partial charge in [0, 0.05) is 57.5 Å². The number of aliphatic hydroxyl groups is 1. The molecule has 2 fully saturated rings. The van der Waals surface area contributed by atoms with Gasteiger partial charge in [-0.3, -0.25) is 14.5 Å². The van der Waals surface area contributed by atoms with E-state index in [-0.39, 0.29) is 18.4 Å². The van der Waals surface area contributed by atoms with E-state index < -0.39 is 24.7 Å². The Hall–Kier alpha value is -3.73. The third-order valence-electron chi connectivity index (χ3n) is 6.14. The number of likely N-dealkylation sites (N-methyl/N-ethyl adjacent to an activating group) is 1. The lowest BCUT2D eigenvalue weighted by Gasteiger charge is -2.35. The Kier molecular flexibility index (Phi) is 6.64. The van der Waals surface area contributed by atoms with E-state index >= 15 is 0 Å². The van der Waals surface area contributed by atoms with Crippen molar-refractivity contribution in [2.24, 2.45) is 0 Å². The second kappa shape index (κ2) is 9.64. The van der Waals surface area contributed by atoms with Crippen molar-refractivity contribution in [3.63, 3.8) is 0 Å². The predicted molar refractivity (Wildman–Crippen MR) is 122 cm³/mol. The SMILES string of the molecule is CC(=O)N(C)[C@@H]1CN(c2ccc(-c3ccc(N4CCN(C(=O)CO)CC4)nc3)c(F)c2)C(=O)O1. The molecule has 1 N–H and O–H groups in total. The number of nitrogens with zero attached hydrogens (tertiary/aromatic N) is 5. The largest absolute Gasteiger partial charge is 0.423 e. The monoisotopic (exact) mass is 471 g/mol. The van der Waals surface area contributed by atoms with Crippen LogP contribution in [0.2, 0.25) is 0 Å². The van der Waals surface area contributed by atoms with Crippen LogP contribution in [0.25, 0.3) is 11.1 Å². The van der Waals surface area contributed by atoms with Gasteiger partial charge in [0.15, 0.2) is 6.23 Å². The zero-order valence-electron chi connectivity index (χ0n) is 19.0. The minimum absolute atomic E-state index is 0.112. The molecule has 10 nitrogen and oxygen atoms in total. The van der Waals surface area contributed by atoms with Crippen molar-refractivity contribution in [2.75, 3.05) is 56.2 Å². The first-order valence-corrected chi connectivity index (χ1v) is 10.9. The fraction of sp³-hybridized carbons (Fsp3) is 0.391. The van der Waals surface area contributed by atoms with Crippen LogP contribution in [0.5, 0.6) is 0 Å². The van der Waals surface area contributed by atoms with E-state index in [2.05, 4.69) is 4.98 Å². The highest BCUT2D eigenvalue weighted by atomic mass is 19.1. The van der Waals surface area contributed by atoms with Crippen molar-refractivity contribution < 1.29 is 28.6 Å². The lowest BCUT2D eigenvalue weighted by atomic mass is 10.1. The topological polar surface area (TPSA) is 107 Å². The molecule has 3 amide bonds. The summed E-state index contributed by atoms with van der Waals surface area (Å²) in [5.41, 5.74) is 1.26. The number of pyridine rings is 1. The number of piperazine rings is 1. The molecule has 2 aliphatic heterocycles. The first kappa shape index (κ1) is 23.4. The van der Waals surface area contributed by atoms with Gasteiger partial charge in [0.05, 0.1) is 12.2 Å². The molecule has 1 aromatic carbocycles. The van der Waals surface area contributed by atoms with Crippen LogP contribution in [-0.4, -0.2) is 90.4 Å². The Morgan fingerprint density at radius 2 is 1.94 bits per heavy atom. The molecule has 3 heterocycles. The van der Waals surface area contributed by atoms with Gasteiger partial charge in [-0.2, -0.15) is 0 Å². The fourth-order valence-corrected chi connectivity index (χ4v) is 3.99. The van der Waals surface area contributed by atoms with E-state index in [4.69, 9.17) is 9.84 Å². The Balaban J connectivity index is 1.44.